The highest BCUT2D eigenvalue weighted by atomic mass is 35.5. The minimum Gasteiger partial charge on any atom is -0.496 e. The third kappa shape index (κ3) is 2.75. The third-order valence-electron chi connectivity index (χ3n) is 2.36. The summed E-state index contributed by atoms with van der Waals surface area (Å²) >= 11 is 5.95. The van der Waals surface area contributed by atoms with Gasteiger partial charge in [0.2, 0.25) is 0 Å². The molecule has 0 spiro atoms. The van der Waals surface area contributed by atoms with E-state index >= 15 is 0 Å². The normalized spacial score (nSPS) is 10.5. The summed E-state index contributed by atoms with van der Waals surface area (Å²) in [5.41, 5.74) is 6.40. The van der Waals surface area contributed by atoms with Crippen LogP contribution in [0.5, 0.6) is 5.75 Å². The zero-order valence-corrected chi connectivity index (χ0v) is 10.2. The molecule has 0 saturated heterocycles. The second-order valence-corrected chi connectivity index (χ2v) is 3.97. The van der Waals surface area contributed by atoms with Crippen LogP contribution in [0.2, 0.25) is 5.02 Å². The molecule has 5 nitrogen and oxygen atoms in total. The molecule has 0 aliphatic carbocycles. The molecular weight excluding hydrogens is 240 g/mol. The molecule has 0 bridgehead atoms. The van der Waals surface area contributed by atoms with Gasteiger partial charge in [0.25, 0.3) is 0 Å². The lowest BCUT2D eigenvalue weighted by Crippen LogP contribution is -1.99. The van der Waals surface area contributed by atoms with Crippen molar-refractivity contribution in [3.63, 3.8) is 0 Å². The molecule has 0 aliphatic rings. The lowest BCUT2D eigenvalue weighted by atomic mass is 10.1. The van der Waals surface area contributed by atoms with Crippen LogP contribution in [0.25, 0.3) is 0 Å². The molecule has 1 aromatic carbocycles. The minimum absolute atomic E-state index is 0.323. The van der Waals surface area contributed by atoms with Gasteiger partial charge in [-0.1, -0.05) is 11.6 Å². The van der Waals surface area contributed by atoms with Crippen molar-refractivity contribution < 1.29 is 4.74 Å². The van der Waals surface area contributed by atoms with E-state index < -0.39 is 0 Å². The van der Waals surface area contributed by atoms with Gasteiger partial charge in [-0.25, -0.2) is 4.98 Å². The summed E-state index contributed by atoms with van der Waals surface area (Å²) in [6, 6.07) is 5.47. The Morgan fingerprint density at radius 3 is 2.94 bits per heavy atom. The van der Waals surface area contributed by atoms with E-state index in [1.807, 2.05) is 12.1 Å². The van der Waals surface area contributed by atoms with Gasteiger partial charge in [0.15, 0.2) is 5.82 Å². The Hall–Kier alpha value is -1.59. The van der Waals surface area contributed by atoms with Crippen molar-refractivity contribution in [2.24, 2.45) is 5.73 Å². The number of aromatic nitrogens is 3. The molecule has 90 valence electrons. The summed E-state index contributed by atoms with van der Waals surface area (Å²) < 4.78 is 5.26. The number of methoxy groups -OCH3 is 1. The van der Waals surface area contributed by atoms with E-state index in [1.165, 1.54) is 0 Å². The molecule has 2 aromatic rings. The fraction of sp³-hybridized carbons (Fsp3) is 0.273. The number of halogens is 1. The lowest BCUT2D eigenvalue weighted by molar-refractivity contribution is 0.410. The Balaban J connectivity index is 2.25. The van der Waals surface area contributed by atoms with Crippen LogP contribution in [0, 0.1) is 0 Å². The van der Waals surface area contributed by atoms with Crippen molar-refractivity contribution in [1.82, 2.24) is 15.2 Å². The van der Waals surface area contributed by atoms with Crippen LogP contribution in [-0.2, 0) is 13.0 Å². The summed E-state index contributed by atoms with van der Waals surface area (Å²) in [7, 11) is 1.62. The lowest BCUT2D eigenvalue weighted by Gasteiger charge is -2.07. The average Bonchev–Trinajstić information content (AvgIpc) is 2.77. The standard InChI is InChI=1S/C11H13ClN4O/c1-17-9-3-2-8(12)4-7(9)5-10-14-11(6-13)16-15-10/h2-4H,5-6,13H2,1H3,(H,14,15,16). The average molecular weight is 253 g/mol. The molecule has 6 heteroatoms. The number of ether oxygens (including phenoxy) is 1. The topological polar surface area (TPSA) is 76.8 Å². The van der Waals surface area contributed by atoms with Crippen LogP contribution in [0.4, 0.5) is 0 Å². The molecule has 1 aromatic heterocycles. The van der Waals surface area contributed by atoms with E-state index in [2.05, 4.69) is 15.2 Å². The fourth-order valence-electron chi connectivity index (χ4n) is 1.57. The highest BCUT2D eigenvalue weighted by Crippen LogP contribution is 2.24. The Kier molecular flexibility index (Phi) is 3.61. The van der Waals surface area contributed by atoms with E-state index in [0.717, 1.165) is 17.1 Å². The third-order valence-corrected chi connectivity index (χ3v) is 2.60. The first kappa shape index (κ1) is 11.9. The number of nitrogens with one attached hydrogen (secondary N) is 1. The second-order valence-electron chi connectivity index (χ2n) is 3.54. The van der Waals surface area contributed by atoms with Crippen LogP contribution in [0.1, 0.15) is 17.2 Å². The van der Waals surface area contributed by atoms with Gasteiger partial charge < -0.3 is 10.5 Å². The van der Waals surface area contributed by atoms with Crippen molar-refractivity contribution in [3.05, 3.63) is 40.4 Å². The van der Waals surface area contributed by atoms with Gasteiger partial charge in [0.1, 0.15) is 11.6 Å². The Labute approximate surface area is 104 Å². The molecule has 1 heterocycles. The summed E-state index contributed by atoms with van der Waals surface area (Å²) in [4.78, 5) is 4.24. The predicted molar refractivity (Wildman–Crippen MR) is 65.1 cm³/mol. The quantitative estimate of drug-likeness (QED) is 0.865. The molecule has 0 unspecified atom stereocenters. The van der Waals surface area contributed by atoms with Gasteiger partial charge in [-0.2, -0.15) is 5.10 Å². The maximum Gasteiger partial charge on any atom is 0.164 e. The van der Waals surface area contributed by atoms with E-state index in [-0.39, 0.29) is 0 Å². The number of nitrogens with two attached hydrogens (primary N) is 1. The fourth-order valence-corrected chi connectivity index (χ4v) is 1.77. The summed E-state index contributed by atoms with van der Waals surface area (Å²) in [5.74, 6) is 2.12. The van der Waals surface area contributed by atoms with Crippen molar-refractivity contribution in [2.45, 2.75) is 13.0 Å². The largest absolute Gasteiger partial charge is 0.496 e. The van der Waals surface area contributed by atoms with Gasteiger partial charge >= 0.3 is 0 Å². The first-order valence-corrected chi connectivity index (χ1v) is 5.53. The maximum atomic E-state index is 5.95. The van der Waals surface area contributed by atoms with Gasteiger partial charge in [0, 0.05) is 17.0 Å². The van der Waals surface area contributed by atoms with E-state index in [0.29, 0.717) is 23.8 Å². The summed E-state index contributed by atoms with van der Waals surface area (Å²) in [6.45, 7) is 0.323. The van der Waals surface area contributed by atoms with E-state index in [1.54, 1.807) is 13.2 Å². The van der Waals surface area contributed by atoms with Gasteiger partial charge in [-0.05, 0) is 18.2 Å². The molecule has 2 rings (SSSR count). The first-order chi connectivity index (χ1) is 8.22. The zero-order chi connectivity index (χ0) is 12.3. The van der Waals surface area contributed by atoms with Gasteiger partial charge in [-0.15, -0.1) is 0 Å². The molecule has 0 fully saturated rings. The van der Waals surface area contributed by atoms with Gasteiger partial charge in [-0.3, -0.25) is 5.10 Å². The van der Waals surface area contributed by atoms with Crippen molar-refractivity contribution >= 4 is 11.6 Å². The van der Waals surface area contributed by atoms with Crippen LogP contribution in [-0.4, -0.2) is 22.3 Å². The Morgan fingerprint density at radius 1 is 1.47 bits per heavy atom. The van der Waals surface area contributed by atoms with Crippen molar-refractivity contribution in [2.75, 3.05) is 7.11 Å². The zero-order valence-electron chi connectivity index (χ0n) is 9.40. The van der Waals surface area contributed by atoms with Crippen LogP contribution < -0.4 is 10.5 Å². The van der Waals surface area contributed by atoms with Crippen LogP contribution in [0.15, 0.2) is 18.2 Å². The molecule has 17 heavy (non-hydrogen) atoms. The number of rotatable bonds is 4. The Morgan fingerprint density at radius 2 is 2.29 bits per heavy atom. The number of aromatic amines is 1. The number of benzene rings is 1. The minimum atomic E-state index is 0.323. The molecule has 0 saturated carbocycles. The highest BCUT2D eigenvalue weighted by Gasteiger charge is 2.08. The maximum absolute atomic E-state index is 5.95. The van der Waals surface area contributed by atoms with Crippen LogP contribution >= 0.6 is 11.6 Å². The van der Waals surface area contributed by atoms with Gasteiger partial charge in [0.05, 0.1) is 13.7 Å². The summed E-state index contributed by atoms with van der Waals surface area (Å²) in [6.07, 6.45) is 0.580. The molecule has 0 atom stereocenters. The number of H-pyrrole nitrogens is 1. The molecule has 3 N–H and O–H groups in total. The van der Waals surface area contributed by atoms with Crippen LogP contribution in [0.3, 0.4) is 0 Å². The molecular formula is C11H13ClN4O. The Bertz CT molecular complexity index is 512. The second kappa shape index (κ2) is 5.16. The van der Waals surface area contributed by atoms with Crippen molar-refractivity contribution in [1.29, 1.82) is 0 Å². The monoisotopic (exact) mass is 252 g/mol. The smallest absolute Gasteiger partial charge is 0.164 e. The van der Waals surface area contributed by atoms with E-state index in [4.69, 9.17) is 22.1 Å². The summed E-state index contributed by atoms with van der Waals surface area (Å²) in [5, 5.41) is 7.48. The van der Waals surface area contributed by atoms with E-state index in [9.17, 15) is 0 Å². The predicted octanol–water partition coefficient (Wildman–Crippen LogP) is 1.52. The molecule has 0 aliphatic heterocycles. The molecule has 0 radical (unpaired) electrons. The van der Waals surface area contributed by atoms with Crippen molar-refractivity contribution in [3.8, 4) is 5.75 Å². The number of hydrogen-bond donors (Lipinski definition) is 2. The number of nitrogens with zero attached hydrogens (tertiary/aromatic N) is 2. The molecule has 0 amide bonds. The number of hydrogen-bond acceptors (Lipinski definition) is 4. The SMILES string of the molecule is COc1ccc(Cl)cc1Cc1nc(CN)n[nH]1. The highest BCUT2D eigenvalue weighted by molar-refractivity contribution is 6.30. The first-order valence-electron chi connectivity index (χ1n) is 5.15.